The molecule has 0 radical (unpaired) electrons. The van der Waals surface area contributed by atoms with Crippen molar-refractivity contribution in [3.05, 3.63) is 82.1 Å². The van der Waals surface area contributed by atoms with Crippen molar-refractivity contribution in [2.24, 2.45) is 5.92 Å². The van der Waals surface area contributed by atoms with Crippen LogP contribution in [0.15, 0.2) is 66.0 Å². The van der Waals surface area contributed by atoms with Crippen molar-refractivity contribution in [1.82, 2.24) is 14.0 Å². The summed E-state index contributed by atoms with van der Waals surface area (Å²) < 4.78 is 15.7. The highest BCUT2D eigenvalue weighted by molar-refractivity contribution is 6.74. The average molecular weight is 660 g/mol. The van der Waals surface area contributed by atoms with Gasteiger partial charge in [-0.3, -0.25) is 14.2 Å². The number of fused-ring (bicyclic) bond motifs is 1. The van der Waals surface area contributed by atoms with Crippen LogP contribution in [-0.4, -0.2) is 41.4 Å². The summed E-state index contributed by atoms with van der Waals surface area (Å²) in [6, 6.07) is 11.3. The third-order valence-corrected chi connectivity index (χ3v) is 14.3. The van der Waals surface area contributed by atoms with E-state index in [0.29, 0.717) is 39.6 Å². The molecule has 0 spiro atoms. The summed E-state index contributed by atoms with van der Waals surface area (Å²) in [6.45, 7) is 11.3. The van der Waals surface area contributed by atoms with Gasteiger partial charge in [0, 0.05) is 46.9 Å². The van der Waals surface area contributed by atoms with E-state index in [1.54, 1.807) is 42.9 Å². The molecule has 0 saturated heterocycles. The molecule has 1 saturated carbocycles. The zero-order valence-corrected chi connectivity index (χ0v) is 29.1. The zero-order valence-electron chi connectivity index (χ0n) is 27.3. The quantitative estimate of drug-likeness (QED) is 0.183. The van der Waals surface area contributed by atoms with Crippen LogP contribution in [0.1, 0.15) is 64.5 Å². The van der Waals surface area contributed by atoms with Crippen molar-refractivity contribution < 1.29 is 14.0 Å². The first-order valence-corrected chi connectivity index (χ1v) is 19.0. The maximum atomic E-state index is 14.1. The number of anilines is 1. The molecule has 1 aliphatic rings. The molecule has 1 N–H and O–H groups in total. The topological polar surface area (TPSA) is 111 Å². The Morgan fingerprint density at radius 1 is 1.13 bits per heavy atom. The molecule has 3 aromatic heterocycles. The minimum Gasteiger partial charge on any atom is -0.495 e. The first-order chi connectivity index (χ1) is 21.8. The second-order valence-corrected chi connectivity index (χ2v) is 18.9. The number of imidazole rings is 1. The van der Waals surface area contributed by atoms with E-state index in [0.717, 1.165) is 31.3 Å². The van der Waals surface area contributed by atoms with Gasteiger partial charge in [-0.2, -0.15) is 5.26 Å². The molecule has 1 unspecified atom stereocenters. The monoisotopic (exact) mass is 659 g/mol. The number of pyridine rings is 2. The van der Waals surface area contributed by atoms with E-state index in [4.69, 9.17) is 20.8 Å². The normalized spacial score (nSPS) is 17.8. The van der Waals surface area contributed by atoms with Gasteiger partial charge in [0.05, 0.1) is 30.6 Å². The summed E-state index contributed by atoms with van der Waals surface area (Å²) in [5.74, 6) is 0.292. The van der Waals surface area contributed by atoms with Crippen molar-refractivity contribution in [2.75, 3.05) is 12.4 Å². The van der Waals surface area contributed by atoms with Crippen molar-refractivity contribution in [3.63, 3.8) is 0 Å². The molecule has 1 aliphatic carbocycles. The third kappa shape index (κ3) is 7.22. The first-order valence-electron chi connectivity index (χ1n) is 15.7. The molecule has 1 atom stereocenters. The lowest BCUT2D eigenvalue weighted by molar-refractivity contribution is -0.120. The fraction of sp³-hybridized carbons (Fsp3) is 0.429. The van der Waals surface area contributed by atoms with E-state index < -0.39 is 14.4 Å². The molecule has 5 rings (SSSR count). The number of nitrogens with one attached hydrogen (secondary N) is 1. The molecular weight excluding hydrogens is 618 g/mol. The van der Waals surface area contributed by atoms with E-state index >= 15 is 0 Å². The predicted octanol–water partition coefficient (Wildman–Crippen LogP) is 7.85. The molecule has 0 bridgehead atoms. The molecule has 46 heavy (non-hydrogen) atoms. The summed E-state index contributed by atoms with van der Waals surface area (Å²) in [5, 5.41) is 13.3. The Hall–Kier alpha value is -3.91. The zero-order chi connectivity index (χ0) is 33.2. The minimum absolute atomic E-state index is 0.137. The number of hydrogen-bond acceptors (Lipinski definition) is 6. The molecule has 242 valence electrons. The SMILES string of the molecule is COc1cn(C(CC2CCC(O[Si](C)(C)C(C)(C)C)CC2)C(=O)Nc2ccc3nccn3c2)c(=O)cc1-c1cc(Cl)ccc1C#N. The fourth-order valence-corrected chi connectivity index (χ4v) is 7.54. The van der Waals surface area contributed by atoms with Crippen LogP contribution < -0.4 is 15.6 Å². The smallest absolute Gasteiger partial charge is 0.252 e. The highest BCUT2D eigenvalue weighted by Crippen LogP contribution is 2.41. The summed E-state index contributed by atoms with van der Waals surface area (Å²) in [7, 11) is -0.392. The number of methoxy groups -OCH3 is 1. The van der Waals surface area contributed by atoms with Crippen LogP contribution in [-0.2, 0) is 9.22 Å². The number of benzene rings is 1. The van der Waals surface area contributed by atoms with E-state index in [2.05, 4.69) is 50.2 Å². The standard InChI is InChI=1S/C35H42ClN5O4Si/c1-35(2,3)46(5,6)45-27-12-7-23(8-13-27)17-30(34(43)39-26-11-14-32-38-15-16-40(32)21-26)41-22-31(44-4)29(19-33(41)42)28-18-25(36)10-9-24(28)20-37/h9-11,14-16,18-19,21-23,27,30H,7-8,12-13,17H2,1-6H3,(H,39,43). The van der Waals surface area contributed by atoms with Crippen molar-refractivity contribution >= 4 is 37.2 Å². The van der Waals surface area contributed by atoms with Crippen LogP contribution in [0.5, 0.6) is 5.75 Å². The Morgan fingerprint density at radius 3 is 2.54 bits per heavy atom. The number of halogens is 1. The Balaban J connectivity index is 1.45. The van der Waals surface area contributed by atoms with Crippen molar-refractivity contribution in [2.45, 2.75) is 83.2 Å². The fourth-order valence-electron chi connectivity index (χ4n) is 5.94. The number of aromatic nitrogens is 3. The number of amides is 1. The van der Waals surface area contributed by atoms with Crippen LogP contribution in [0, 0.1) is 17.2 Å². The van der Waals surface area contributed by atoms with Gasteiger partial charge >= 0.3 is 0 Å². The van der Waals surface area contributed by atoms with Crippen LogP contribution in [0.2, 0.25) is 23.2 Å². The minimum atomic E-state index is -1.89. The lowest BCUT2D eigenvalue weighted by atomic mass is 9.83. The summed E-state index contributed by atoms with van der Waals surface area (Å²) >= 11 is 6.27. The van der Waals surface area contributed by atoms with Gasteiger partial charge < -0.3 is 18.9 Å². The Kier molecular flexibility index (Phi) is 9.77. The molecular formula is C35H42ClN5O4Si. The third-order valence-electron chi connectivity index (χ3n) is 9.57. The molecule has 3 heterocycles. The predicted molar refractivity (Wildman–Crippen MR) is 184 cm³/mol. The number of carbonyl (C=O) groups excluding carboxylic acids is 1. The van der Waals surface area contributed by atoms with Crippen molar-refractivity contribution in [3.8, 4) is 22.9 Å². The number of ether oxygens (including phenoxy) is 1. The molecule has 4 aromatic rings. The molecule has 1 fully saturated rings. The Labute approximate surface area is 276 Å². The maximum absolute atomic E-state index is 14.1. The number of rotatable bonds is 9. The van der Waals surface area contributed by atoms with Gasteiger partial charge in [0.2, 0.25) is 5.91 Å². The second kappa shape index (κ2) is 13.4. The first kappa shape index (κ1) is 33.5. The van der Waals surface area contributed by atoms with Gasteiger partial charge in [0.1, 0.15) is 17.4 Å². The number of nitriles is 1. The van der Waals surface area contributed by atoms with Crippen LogP contribution in [0.25, 0.3) is 16.8 Å². The average Bonchev–Trinajstić information content (AvgIpc) is 3.48. The molecule has 1 amide bonds. The van der Waals surface area contributed by atoms with Gasteiger partial charge in [-0.1, -0.05) is 32.4 Å². The van der Waals surface area contributed by atoms with Crippen LogP contribution >= 0.6 is 11.6 Å². The highest BCUT2D eigenvalue weighted by atomic mass is 35.5. The van der Waals surface area contributed by atoms with E-state index in [1.807, 2.05) is 16.7 Å². The van der Waals surface area contributed by atoms with Gasteiger partial charge in [-0.05, 0) is 86.5 Å². The number of hydrogen-bond donors (Lipinski definition) is 1. The maximum Gasteiger partial charge on any atom is 0.252 e. The largest absolute Gasteiger partial charge is 0.495 e. The summed E-state index contributed by atoms with van der Waals surface area (Å²) in [6.07, 6.45) is 11.2. The van der Waals surface area contributed by atoms with Gasteiger partial charge in [-0.15, -0.1) is 0 Å². The molecule has 0 aliphatic heterocycles. The Bertz CT molecular complexity index is 1830. The molecule has 9 nitrogen and oxygen atoms in total. The van der Waals surface area contributed by atoms with Crippen LogP contribution in [0.4, 0.5) is 5.69 Å². The van der Waals surface area contributed by atoms with Gasteiger partial charge in [0.25, 0.3) is 5.56 Å². The number of nitrogens with zero attached hydrogens (tertiary/aromatic N) is 4. The summed E-state index contributed by atoms with van der Waals surface area (Å²) in [5.41, 5.74) is 2.28. The number of carbonyl (C=O) groups is 1. The highest BCUT2D eigenvalue weighted by Gasteiger charge is 2.40. The van der Waals surface area contributed by atoms with E-state index in [-0.39, 0.29) is 28.5 Å². The molecule has 11 heteroatoms. The lowest BCUT2D eigenvalue weighted by Gasteiger charge is -2.41. The van der Waals surface area contributed by atoms with Gasteiger partial charge in [0.15, 0.2) is 8.32 Å². The van der Waals surface area contributed by atoms with Gasteiger partial charge in [-0.25, -0.2) is 4.98 Å². The summed E-state index contributed by atoms with van der Waals surface area (Å²) in [4.78, 5) is 32.2. The molecule has 1 aromatic carbocycles. The van der Waals surface area contributed by atoms with E-state index in [9.17, 15) is 14.9 Å². The Morgan fingerprint density at radius 2 is 1.87 bits per heavy atom. The van der Waals surface area contributed by atoms with Crippen molar-refractivity contribution in [1.29, 1.82) is 5.26 Å². The van der Waals surface area contributed by atoms with Crippen LogP contribution in [0.3, 0.4) is 0 Å². The second-order valence-electron chi connectivity index (χ2n) is 13.7. The lowest BCUT2D eigenvalue weighted by Crippen LogP contribution is -2.44. The van der Waals surface area contributed by atoms with E-state index in [1.165, 1.54) is 17.7 Å².